The summed E-state index contributed by atoms with van der Waals surface area (Å²) in [6.45, 7) is 8.35. The third kappa shape index (κ3) is 5.10. The van der Waals surface area contributed by atoms with Crippen molar-refractivity contribution < 1.29 is 9.84 Å². The van der Waals surface area contributed by atoms with Crippen LogP contribution in [0, 0.1) is 0 Å². The lowest BCUT2D eigenvalue weighted by atomic mass is 10.1. The van der Waals surface area contributed by atoms with Crippen molar-refractivity contribution in [1.29, 1.82) is 0 Å². The van der Waals surface area contributed by atoms with E-state index in [9.17, 15) is 5.11 Å². The van der Waals surface area contributed by atoms with Crippen molar-refractivity contribution >= 4 is 6.08 Å². The first-order valence-electron chi connectivity index (χ1n) is 9.36. The molecule has 0 aromatic heterocycles. The minimum absolute atomic E-state index is 0.280. The summed E-state index contributed by atoms with van der Waals surface area (Å²) in [5.41, 5.74) is 2.18. The molecule has 1 saturated heterocycles. The quantitative estimate of drug-likeness (QED) is 0.826. The molecule has 0 amide bonds. The van der Waals surface area contributed by atoms with E-state index in [2.05, 4.69) is 46.2 Å². The molecule has 1 fully saturated rings. The van der Waals surface area contributed by atoms with E-state index in [-0.39, 0.29) is 5.75 Å². The van der Waals surface area contributed by atoms with Gasteiger partial charge in [-0.1, -0.05) is 54.6 Å². The summed E-state index contributed by atoms with van der Waals surface area (Å²) < 4.78 is 5.48. The van der Waals surface area contributed by atoms with Crippen molar-refractivity contribution in [1.82, 2.24) is 9.80 Å². The fraction of sp³-hybridized carbons (Fsp3) is 0.364. The molecular formula is C22H28N2O2. The number of phenols is 1. The SMILES string of the molecule is CCOc1cccc(CN2CCN(CC=Cc3ccccc3)CC2)c1O. The van der Waals surface area contributed by atoms with Crippen molar-refractivity contribution in [2.24, 2.45) is 0 Å². The smallest absolute Gasteiger partial charge is 0.162 e. The van der Waals surface area contributed by atoms with Crippen molar-refractivity contribution in [3.63, 3.8) is 0 Å². The molecule has 0 bridgehead atoms. The predicted octanol–water partition coefficient (Wildman–Crippen LogP) is 3.62. The van der Waals surface area contributed by atoms with Gasteiger partial charge in [0.05, 0.1) is 6.61 Å². The van der Waals surface area contributed by atoms with E-state index in [1.807, 2.05) is 31.2 Å². The van der Waals surface area contributed by atoms with Gasteiger partial charge in [0, 0.05) is 44.8 Å². The van der Waals surface area contributed by atoms with Crippen molar-refractivity contribution in [3.8, 4) is 11.5 Å². The lowest BCUT2D eigenvalue weighted by Crippen LogP contribution is -2.45. The van der Waals surface area contributed by atoms with Gasteiger partial charge in [-0.3, -0.25) is 9.80 Å². The first-order valence-corrected chi connectivity index (χ1v) is 9.36. The van der Waals surface area contributed by atoms with Crippen molar-refractivity contribution in [2.45, 2.75) is 13.5 Å². The fourth-order valence-electron chi connectivity index (χ4n) is 3.24. The highest BCUT2D eigenvalue weighted by Crippen LogP contribution is 2.30. The van der Waals surface area contributed by atoms with Crippen LogP contribution >= 0.6 is 0 Å². The van der Waals surface area contributed by atoms with Crippen molar-refractivity contribution in [2.75, 3.05) is 39.3 Å². The molecular weight excluding hydrogens is 324 g/mol. The number of aromatic hydroxyl groups is 1. The Kier molecular flexibility index (Phi) is 6.69. The zero-order chi connectivity index (χ0) is 18.2. The average molecular weight is 352 g/mol. The first kappa shape index (κ1) is 18.5. The number of ether oxygens (including phenoxy) is 1. The molecule has 1 aliphatic rings. The monoisotopic (exact) mass is 352 g/mol. The lowest BCUT2D eigenvalue weighted by molar-refractivity contribution is 0.136. The maximum absolute atomic E-state index is 10.4. The maximum atomic E-state index is 10.4. The maximum Gasteiger partial charge on any atom is 0.162 e. The van der Waals surface area contributed by atoms with Gasteiger partial charge in [-0.05, 0) is 18.6 Å². The zero-order valence-corrected chi connectivity index (χ0v) is 15.5. The standard InChI is InChI=1S/C22H28N2O2/c1-2-26-21-12-6-11-20(22(21)25)18-24-16-14-23(15-17-24)13-7-10-19-8-4-3-5-9-19/h3-12,25H,2,13-18H2,1H3. The molecule has 1 aliphatic heterocycles. The molecule has 26 heavy (non-hydrogen) atoms. The van der Waals surface area contributed by atoms with E-state index in [0.29, 0.717) is 12.4 Å². The predicted molar refractivity (Wildman–Crippen MR) is 106 cm³/mol. The minimum atomic E-state index is 0.280. The Morgan fingerprint density at radius 1 is 0.962 bits per heavy atom. The van der Waals surface area contributed by atoms with Crippen LogP contribution in [0.3, 0.4) is 0 Å². The van der Waals surface area contributed by atoms with Gasteiger partial charge in [0.25, 0.3) is 0 Å². The van der Waals surface area contributed by atoms with E-state index in [1.165, 1.54) is 5.56 Å². The summed E-state index contributed by atoms with van der Waals surface area (Å²) in [4.78, 5) is 4.86. The molecule has 0 aliphatic carbocycles. The van der Waals surface area contributed by atoms with Gasteiger partial charge in [0.15, 0.2) is 11.5 Å². The Bertz CT molecular complexity index is 707. The zero-order valence-electron chi connectivity index (χ0n) is 15.5. The summed E-state index contributed by atoms with van der Waals surface area (Å²) in [6, 6.07) is 16.2. The highest BCUT2D eigenvalue weighted by atomic mass is 16.5. The van der Waals surface area contributed by atoms with E-state index in [4.69, 9.17) is 4.74 Å². The average Bonchev–Trinajstić information content (AvgIpc) is 2.67. The van der Waals surface area contributed by atoms with Crippen LogP contribution in [0.2, 0.25) is 0 Å². The van der Waals surface area contributed by atoms with Gasteiger partial charge < -0.3 is 9.84 Å². The second-order valence-corrected chi connectivity index (χ2v) is 6.59. The molecule has 2 aromatic rings. The number of phenolic OH excluding ortho intramolecular Hbond substituents is 1. The Balaban J connectivity index is 1.47. The molecule has 2 aromatic carbocycles. The van der Waals surface area contributed by atoms with E-state index in [0.717, 1.165) is 44.8 Å². The van der Waals surface area contributed by atoms with Crippen LogP contribution in [-0.4, -0.2) is 54.2 Å². The van der Waals surface area contributed by atoms with Crippen LogP contribution in [-0.2, 0) is 6.54 Å². The molecule has 4 nitrogen and oxygen atoms in total. The normalized spacial score (nSPS) is 16.2. The van der Waals surface area contributed by atoms with E-state index < -0.39 is 0 Å². The van der Waals surface area contributed by atoms with Crippen molar-refractivity contribution in [3.05, 3.63) is 65.7 Å². The number of hydrogen-bond donors (Lipinski definition) is 1. The summed E-state index contributed by atoms with van der Waals surface area (Å²) in [6.07, 6.45) is 4.42. The Hall–Kier alpha value is -2.30. The molecule has 0 spiro atoms. The van der Waals surface area contributed by atoms with E-state index >= 15 is 0 Å². The summed E-state index contributed by atoms with van der Waals surface area (Å²) >= 11 is 0. The molecule has 4 heteroatoms. The molecule has 3 rings (SSSR count). The number of para-hydroxylation sites is 1. The third-order valence-corrected chi connectivity index (χ3v) is 4.71. The third-order valence-electron chi connectivity index (χ3n) is 4.71. The second-order valence-electron chi connectivity index (χ2n) is 6.59. The summed E-state index contributed by atoms with van der Waals surface area (Å²) in [5, 5.41) is 10.4. The molecule has 1 heterocycles. The minimum Gasteiger partial charge on any atom is -0.504 e. The molecule has 0 unspecified atom stereocenters. The largest absolute Gasteiger partial charge is 0.504 e. The van der Waals surface area contributed by atoms with Crippen LogP contribution in [0.4, 0.5) is 0 Å². The first-order chi connectivity index (χ1) is 12.8. The summed E-state index contributed by atoms with van der Waals surface area (Å²) in [7, 11) is 0. The van der Waals surface area contributed by atoms with Crippen LogP contribution in [0.15, 0.2) is 54.6 Å². The molecule has 0 saturated carbocycles. The van der Waals surface area contributed by atoms with Crippen LogP contribution in [0.5, 0.6) is 11.5 Å². The Labute approximate surface area is 156 Å². The highest BCUT2D eigenvalue weighted by Gasteiger charge is 2.18. The lowest BCUT2D eigenvalue weighted by Gasteiger charge is -2.34. The number of nitrogens with zero attached hydrogens (tertiary/aromatic N) is 2. The topological polar surface area (TPSA) is 35.9 Å². The Morgan fingerprint density at radius 2 is 1.69 bits per heavy atom. The second kappa shape index (κ2) is 9.41. The molecule has 138 valence electrons. The van der Waals surface area contributed by atoms with E-state index in [1.54, 1.807) is 0 Å². The van der Waals surface area contributed by atoms with Crippen LogP contribution < -0.4 is 4.74 Å². The number of piperazine rings is 1. The van der Waals surface area contributed by atoms with Gasteiger partial charge >= 0.3 is 0 Å². The highest BCUT2D eigenvalue weighted by molar-refractivity contribution is 5.48. The van der Waals surface area contributed by atoms with Gasteiger partial charge in [-0.25, -0.2) is 0 Å². The number of benzene rings is 2. The molecule has 0 radical (unpaired) electrons. The van der Waals surface area contributed by atoms with Gasteiger partial charge in [-0.15, -0.1) is 0 Å². The molecule has 1 N–H and O–H groups in total. The number of hydrogen-bond acceptors (Lipinski definition) is 4. The number of rotatable bonds is 7. The molecule has 0 atom stereocenters. The summed E-state index contributed by atoms with van der Waals surface area (Å²) in [5.74, 6) is 0.859. The fourth-order valence-corrected chi connectivity index (χ4v) is 3.24. The van der Waals surface area contributed by atoms with Gasteiger partial charge in [0.2, 0.25) is 0 Å². The van der Waals surface area contributed by atoms with Crippen LogP contribution in [0.1, 0.15) is 18.1 Å². The van der Waals surface area contributed by atoms with Crippen LogP contribution in [0.25, 0.3) is 6.08 Å². The Morgan fingerprint density at radius 3 is 2.42 bits per heavy atom. The van der Waals surface area contributed by atoms with Gasteiger partial charge in [-0.2, -0.15) is 0 Å². The van der Waals surface area contributed by atoms with Gasteiger partial charge in [0.1, 0.15) is 0 Å².